The first kappa shape index (κ1) is 26.5. The van der Waals surface area contributed by atoms with Crippen molar-refractivity contribution in [3.05, 3.63) is 105 Å². The molecule has 0 saturated carbocycles. The Morgan fingerprint density at radius 3 is 1.74 bits per heavy atom. The number of imide groups is 1. The Morgan fingerprint density at radius 1 is 0.769 bits per heavy atom. The molecule has 1 aliphatic heterocycles. The van der Waals surface area contributed by atoms with E-state index in [1.165, 1.54) is 4.90 Å². The quantitative estimate of drug-likeness (QED) is 0.122. The highest BCUT2D eigenvalue weighted by Gasteiger charge is 2.72. The third kappa shape index (κ3) is 4.06. The lowest BCUT2D eigenvalue weighted by atomic mass is 9.54. The van der Waals surface area contributed by atoms with Crippen LogP contribution in [0.15, 0.2) is 77.3 Å². The lowest BCUT2D eigenvalue weighted by Gasteiger charge is -2.54. The summed E-state index contributed by atoms with van der Waals surface area (Å²) >= 11 is 18.3. The summed E-state index contributed by atoms with van der Waals surface area (Å²) in [6.45, 7) is 0.502. The maximum absolute atomic E-state index is 13.8. The molecule has 3 aliphatic carbocycles. The molecular weight excluding hydrogens is 601 g/mol. The Balaban J connectivity index is 1.12. The van der Waals surface area contributed by atoms with Crippen molar-refractivity contribution in [2.75, 3.05) is 6.54 Å². The van der Waals surface area contributed by atoms with E-state index in [1.54, 1.807) is 0 Å². The average Bonchev–Trinajstić information content (AvgIpc) is 3.21. The smallest absolute Gasteiger partial charge is 0.306 e. The van der Waals surface area contributed by atoms with Crippen LogP contribution in [0.4, 0.5) is 0 Å². The SMILES string of the molecule is O=C(CCCCCN1C(=O)[C@@H]2[C@H](C1=O)C1(Cl)c3ccccc3C2(Cl)c2ccccc21)OCc1ccc(Br)cc1. The average molecular weight is 627 g/mol. The molecule has 200 valence electrons. The minimum atomic E-state index is -1.16. The predicted molar refractivity (Wildman–Crippen MR) is 152 cm³/mol. The molecule has 4 aliphatic rings. The van der Waals surface area contributed by atoms with Crippen LogP contribution in [0, 0.1) is 11.8 Å². The second kappa shape index (κ2) is 10.1. The van der Waals surface area contributed by atoms with Gasteiger partial charge in [0, 0.05) is 17.4 Å². The molecule has 0 radical (unpaired) electrons. The van der Waals surface area contributed by atoms with Crippen LogP contribution in [-0.2, 0) is 35.5 Å². The Hall–Kier alpha value is -2.67. The van der Waals surface area contributed by atoms with Gasteiger partial charge in [-0.15, -0.1) is 23.2 Å². The minimum Gasteiger partial charge on any atom is -0.461 e. The molecule has 1 heterocycles. The highest BCUT2D eigenvalue weighted by atomic mass is 79.9. The molecule has 2 atom stereocenters. The number of amides is 2. The lowest BCUT2D eigenvalue weighted by molar-refractivity contribution is -0.145. The number of hydrogen-bond acceptors (Lipinski definition) is 4. The molecule has 7 rings (SSSR count). The fourth-order valence-electron chi connectivity index (χ4n) is 6.48. The molecule has 5 nitrogen and oxygen atoms in total. The van der Waals surface area contributed by atoms with E-state index in [0.29, 0.717) is 19.3 Å². The molecule has 8 heteroatoms. The first-order chi connectivity index (χ1) is 18.8. The van der Waals surface area contributed by atoms with E-state index < -0.39 is 21.6 Å². The van der Waals surface area contributed by atoms with Crippen molar-refractivity contribution in [3.8, 4) is 0 Å². The minimum absolute atomic E-state index is 0.233. The third-order valence-corrected chi connectivity index (χ3v) is 10.1. The molecule has 0 unspecified atom stereocenters. The second-order valence-electron chi connectivity index (χ2n) is 10.4. The number of carbonyl (C=O) groups excluding carboxylic acids is 3. The van der Waals surface area contributed by atoms with Gasteiger partial charge in [-0.05, 0) is 52.8 Å². The van der Waals surface area contributed by atoms with E-state index in [-0.39, 0.29) is 37.4 Å². The maximum atomic E-state index is 13.8. The summed E-state index contributed by atoms with van der Waals surface area (Å²) in [5, 5.41) is 0. The van der Waals surface area contributed by atoms with E-state index in [1.807, 2.05) is 72.8 Å². The highest BCUT2D eigenvalue weighted by molar-refractivity contribution is 9.10. The van der Waals surface area contributed by atoms with E-state index in [0.717, 1.165) is 32.3 Å². The molecule has 3 aromatic carbocycles. The topological polar surface area (TPSA) is 63.7 Å². The van der Waals surface area contributed by atoms with E-state index in [4.69, 9.17) is 27.9 Å². The van der Waals surface area contributed by atoms with Gasteiger partial charge in [-0.1, -0.05) is 83.0 Å². The van der Waals surface area contributed by atoms with Gasteiger partial charge in [0.15, 0.2) is 0 Å². The Morgan fingerprint density at radius 2 is 1.26 bits per heavy atom. The highest BCUT2D eigenvalue weighted by Crippen LogP contribution is 2.69. The first-order valence-corrected chi connectivity index (χ1v) is 14.7. The van der Waals surface area contributed by atoms with Crippen LogP contribution in [0.5, 0.6) is 0 Å². The number of carbonyl (C=O) groups is 3. The van der Waals surface area contributed by atoms with Gasteiger partial charge in [0.2, 0.25) is 11.8 Å². The molecule has 2 amide bonds. The first-order valence-electron chi connectivity index (χ1n) is 13.1. The third-order valence-electron chi connectivity index (χ3n) is 8.25. The lowest BCUT2D eigenvalue weighted by Crippen LogP contribution is -2.57. The van der Waals surface area contributed by atoms with Crippen LogP contribution in [0.1, 0.15) is 53.5 Å². The fraction of sp³-hybridized carbons (Fsp3) is 0.323. The number of halogens is 3. The number of unbranched alkanes of at least 4 members (excludes halogenated alkanes) is 2. The number of hydrogen-bond donors (Lipinski definition) is 0. The molecule has 0 N–H and O–H groups in total. The van der Waals surface area contributed by atoms with Crippen LogP contribution in [0.25, 0.3) is 0 Å². The zero-order chi connectivity index (χ0) is 27.4. The molecular formula is C31H26BrCl2NO4. The van der Waals surface area contributed by atoms with Gasteiger partial charge in [-0.25, -0.2) is 0 Å². The number of esters is 1. The van der Waals surface area contributed by atoms with Crippen LogP contribution in [0.3, 0.4) is 0 Å². The number of rotatable bonds is 8. The molecule has 1 saturated heterocycles. The second-order valence-corrected chi connectivity index (χ2v) is 12.5. The van der Waals surface area contributed by atoms with Crippen LogP contribution in [0.2, 0.25) is 0 Å². The zero-order valence-corrected chi connectivity index (χ0v) is 24.1. The van der Waals surface area contributed by atoms with Crippen molar-refractivity contribution in [2.24, 2.45) is 11.8 Å². The van der Waals surface area contributed by atoms with Gasteiger partial charge in [0.25, 0.3) is 0 Å². The number of alkyl halides is 2. The molecule has 2 bridgehead atoms. The predicted octanol–water partition coefficient (Wildman–Crippen LogP) is 6.65. The van der Waals surface area contributed by atoms with Crippen molar-refractivity contribution in [1.82, 2.24) is 4.90 Å². The largest absolute Gasteiger partial charge is 0.461 e. The Kier molecular flexibility index (Phi) is 6.85. The molecule has 3 aromatic rings. The zero-order valence-electron chi connectivity index (χ0n) is 21.0. The van der Waals surface area contributed by atoms with Crippen LogP contribution >= 0.6 is 39.1 Å². The van der Waals surface area contributed by atoms with Gasteiger partial charge in [0.05, 0.1) is 11.8 Å². The van der Waals surface area contributed by atoms with Crippen LogP contribution in [-0.4, -0.2) is 29.2 Å². The molecule has 1 fully saturated rings. The Labute approximate surface area is 245 Å². The molecule has 39 heavy (non-hydrogen) atoms. The number of ether oxygens (including phenoxy) is 1. The van der Waals surface area contributed by atoms with E-state index in [2.05, 4.69) is 15.9 Å². The van der Waals surface area contributed by atoms with Crippen molar-refractivity contribution in [1.29, 1.82) is 0 Å². The number of nitrogens with zero attached hydrogens (tertiary/aromatic N) is 1. The number of likely N-dealkylation sites (tertiary alicyclic amines) is 1. The summed E-state index contributed by atoms with van der Waals surface area (Å²) in [5.41, 5.74) is 4.11. The summed E-state index contributed by atoms with van der Waals surface area (Å²) in [5.74, 6) is -2.37. The van der Waals surface area contributed by atoms with Gasteiger partial charge in [-0.3, -0.25) is 19.3 Å². The summed E-state index contributed by atoms with van der Waals surface area (Å²) in [4.78, 5) is 38.8. The normalized spacial score (nSPS) is 26.3. The van der Waals surface area contributed by atoms with E-state index in [9.17, 15) is 14.4 Å². The summed E-state index contributed by atoms with van der Waals surface area (Å²) in [6, 6.07) is 22.9. The number of benzene rings is 3. The maximum Gasteiger partial charge on any atom is 0.306 e. The fourth-order valence-corrected chi connectivity index (χ4v) is 7.84. The van der Waals surface area contributed by atoms with Crippen molar-refractivity contribution in [3.63, 3.8) is 0 Å². The monoisotopic (exact) mass is 625 g/mol. The van der Waals surface area contributed by atoms with Gasteiger partial charge in [-0.2, -0.15) is 0 Å². The van der Waals surface area contributed by atoms with Gasteiger partial charge < -0.3 is 4.74 Å². The van der Waals surface area contributed by atoms with Crippen LogP contribution < -0.4 is 0 Å². The summed E-state index contributed by atoms with van der Waals surface area (Å²) in [7, 11) is 0. The summed E-state index contributed by atoms with van der Waals surface area (Å²) < 4.78 is 6.33. The van der Waals surface area contributed by atoms with Crippen molar-refractivity contribution < 1.29 is 19.1 Å². The Bertz CT molecular complexity index is 1350. The standard InChI is InChI=1S/C31H26BrCl2NO4/c32-20-15-13-19(14-16-20)18-39-25(36)12-2-1-7-17-35-28(37)26-27(29(35)38)31(34)22-9-4-3-8-21(22)30(26,33)23-10-5-6-11-24(23)31/h3-6,8-11,13-16,26-27H,1-2,7,12,17-18H2/t26-,27+,30?,31?. The van der Waals surface area contributed by atoms with Crippen molar-refractivity contribution in [2.45, 2.75) is 42.0 Å². The van der Waals surface area contributed by atoms with E-state index >= 15 is 0 Å². The summed E-state index contributed by atoms with van der Waals surface area (Å²) in [6.07, 6.45) is 2.15. The molecule has 0 aromatic heterocycles. The van der Waals surface area contributed by atoms with Crippen molar-refractivity contribution >= 4 is 56.9 Å². The molecule has 0 spiro atoms. The van der Waals surface area contributed by atoms with Gasteiger partial charge >= 0.3 is 5.97 Å². The van der Waals surface area contributed by atoms with Gasteiger partial charge in [0.1, 0.15) is 16.4 Å².